The van der Waals surface area contributed by atoms with E-state index in [-0.39, 0.29) is 36.9 Å². The number of carbonyl (C=O) groups is 1. The number of benzene rings is 3. The van der Waals surface area contributed by atoms with Gasteiger partial charge in [0.15, 0.2) is 0 Å². The zero-order valence-corrected chi connectivity index (χ0v) is 22.5. The number of nitrogens with zero attached hydrogens (tertiary/aromatic N) is 2. The fraction of sp³-hybridized carbons (Fsp3) is 0.345. The molecule has 0 bridgehead atoms. The molecule has 0 aliphatic heterocycles. The van der Waals surface area contributed by atoms with Crippen LogP contribution >= 0.6 is 0 Å². The van der Waals surface area contributed by atoms with Crippen LogP contribution in [0.5, 0.6) is 0 Å². The van der Waals surface area contributed by atoms with Gasteiger partial charge in [-0.25, -0.2) is 17.6 Å². The highest BCUT2D eigenvalue weighted by molar-refractivity contribution is 7.89. The Morgan fingerprint density at radius 3 is 1.97 bits per heavy atom. The van der Waals surface area contributed by atoms with Crippen LogP contribution in [-0.2, 0) is 23.0 Å². The number of halogens is 1. The van der Waals surface area contributed by atoms with Crippen molar-refractivity contribution in [3.8, 4) is 0 Å². The summed E-state index contributed by atoms with van der Waals surface area (Å²) in [6, 6.07) is 21.8. The molecule has 9 heteroatoms. The van der Waals surface area contributed by atoms with Gasteiger partial charge in [0.25, 0.3) is 0 Å². The van der Waals surface area contributed by atoms with E-state index < -0.39 is 34.1 Å². The fourth-order valence-electron chi connectivity index (χ4n) is 4.21. The zero-order chi connectivity index (χ0) is 27.7. The molecule has 2 atom stereocenters. The van der Waals surface area contributed by atoms with Gasteiger partial charge in [-0.3, -0.25) is 4.90 Å². The standard InChI is InChI=1S/C29H35FN2O5S/c1-22(2)17-18-31(38(36,37)26-15-13-25(30)14-16-26)21-28(33)27(19-23-9-5-3-6-10-23)32(29(34)35)20-24-11-7-4-8-12-24/h3-16,22,27-28,33H,17-21H2,1-2H3,(H,34,35)/t27?,28-/m1/s1. The van der Waals surface area contributed by atoms with E-state index >= 15 is 0 Å². The van der Waals surface area contributed by atoms with Crippen molar-refractivity contribution >= 4 is 16.1 Å². The molecule has 0 spiro atoms. The van der Waals surface area contributed by atoms with Crippen LogP contribution in [-0.4, -0.2) is 59.2 Å². The summed E-state index contributed by atoms with van der Waals surface area (Å²) in [5, 5.41) is 21.6. The van der Waals surface area contributed by atoms with Crippen molar-refractivity contribution in [1.82, 2.24) is 9.21 Å². The SMILES string of the molecule is CC(C)CCN(C[C@@H](O)C(Cc1ccccc1)N(Cc1ccccc1)C(=O)O)S(=O)(=O)c1ccc(F)cc1. The summed E-state index contributed by atoms with van der Waals surface area (Å²) < 4.78 is 41.7. The van der Waals surface area contributed by atoms with E-state index in [1.807, 2.05) is 50.2 Å². The Kier molecular flexibility index (Phi) is 10.4. The van der Waals surface area contributed by atoms with Gasteiger partial charge >= 0.3 is 6.09 Å². The fourth-order valence-corrected chi connectivity index (χ4v) is 5.69. The topological polar surface area (TPSA) is 98.2 Å². The summed E-state index contributed by atoms with van der Waals surface area (Å²) in [5.41, 5.74) is 1.56. The Bertz CT molecular complexity index is 1260. The molecule has 204 valence electrons. The van der Waals surface area contributed by atoms with E-state index in [2.05, 4.69) is 0 Å². The number of rotatable bonds is 13. The minimum Gasteiger partial charge on any atom is -0.465 e. The van der Waals surface area contributed by atoms with Gasteiger partial charge in [-0.15, -0.1) is 0 Å². The quantitative estimate of drug-likeness (QED) is 0.316. The monoisotopic (exact) mass is 542 g/mol. The average molecular weight is 543 g/mol. The van der Waals surface area contributed by atoms with Gasteiger partial charge in [-0.05, 0) is 54.2 Å². The third-order valence-electron chi connectivity index (χ3n) is 6.37. The lowest BCUT2D eigenvalue weighted by molar-refractivity contribution is 0.0343. The minimum atomic E-state index is -4.08. The second-order valence-corrected chi connectivity index (χ2v) is 11.7. The maximum absolute atomic E-state index is 13.5. The van der Waals surface area contributed by atoms with Gasteiger partial charge < -0.3 is 10.2 Å². The molecule has 0 radical (unpaired) electrons. The molecular weight excluding hydrogens is 507 g/mol. The molecule has 0 saturated heterocycles. The second-order valence-electron chi connectivity index (χ2n) is 9.72. The van der Waals surface area contributed by atoms with Crippen LogP contribution < -0.4 is 0 Å². The van der Waals surface area contributed by atoms with E-state index in [9.17, 15) is 27.8 Å². The number of aliphatic hydroxyl groups excluding tert-OH is 1. The number of carboxylic acid groups (broad SMARTS) is 1. The largest absolute Gasteiger partial charge is 0.465 e. The first-order chi connectivity index (χ1) is 18.1. The summed E-state index contributed by atoms with van der Waals surface area (Å²) in [4.78, 5) is 13.5. The first-order valence-corrected chi connectivity index (χ1v) is 14.0. The van der Waals surface area contributed by atoms with E-state index in [0.29, 0.717) is 6.42 Å². The molecule has 0 fully saturated rings. The highest BCUT2D eigenvalue weighted by atomic mass is 32.2. The first kappa shape index (κ1) is 29.3. The number of hydrogen-bond acceptors (Lipinski definition) is 4. The molecule has 0 aliphatic rings. The second kappa shape index (κ2) is 13.5. The average Bonchev–Trinajstić information content (AvgIpc) is 2.89. The van der Waals surface area contributed by atoms with Crippen LogP contribution in [0.25, 0.3) is 0 Å². The Hall–Kier alpha value is -3.27. The predicted octanol–water partition coefficient (Wildman–Crippen LogP) is 5.01. The molecule has 0 aliphatic carbocycles. The Morgan fingerprint density at radius 2 is 1.45 bits per heavy atom. The highest BCUT2D eigenvalue weighted by Gasteiger charge is 2.34. The maximum Gasteiger partial charge on any atom is 0.407 e. The van der Waals surface area contributed by atoms with Crippen LogP contribution in [0.15, 0.2) is 89.8 Å². The molecular formula is C29H35FN2O5S. The van der Waals surface area contributed by atoms with Crippen molar-refractivity contribution in [2.24, 2.45) is 5.92 Å². The van der Waals surface area contributed by atoms with E-state index in [1.165, 1.54) is 16.4 Å². The van der Waals surface area contributed by atoms with Crippen LogP contribution in [0.2, 0.25) is 0 Å². The third-order valence-corrected chi connectivity index (χ3v) is 8.25. The molecule has 0 aromatic heterocycles. The van der Waals surface area contributed by atoms with Crippen molar-refractivity contribution in [3.05, 3.63) is 102 Å². The lowest BCUT2D eigenvalue weighted by atomic mass is 9.99. The number of hydrogen-bond donors (Lipinski definition) is 2. The van der Waals surface area contributed by atoms with Crippen molar-refractivity contribution in [1.29, 1.82) is 0 Å². The first-order valence-electron chi connectivity index (χ1n) is 12.6. The molecule has 3 aromatic carbocycles. The molecule has 0 saturated carbocycles. The Balaban J connectivity index is 1.96. The lowest BCUT2D eigenvalue weighted by Gasteiger charge is -2.35. The molecule has 38 heavy (non-hydrogen) atoms. The van der Waals surface area contributed by atoms with Crippen LogP contribution in [0.3, 0.4) is 0 Å². The van der Waals surface area contributed by atoms with Crippen LogP contribution in [0.4, 0.5) is 9.18 Å². The predicted molar refractivity (Wildman–Crippen MR) is 145 cm³/mol. The van der Waals surface area contributed by atoms with Crippen molar-refractivity contribution in [3.63, 3.8) is 0 Å². The van der Waals surface area contributed by atoms with Gasteiger partial charge in [-0.2, -0.15) is 4.31 Å². The minimum absolute atomic E-state index is 0.0292. The molecule has 7 nitrogen and oxygen atoms in total. The molecule has 1 unspecified atom stereocenters. The van der Waals surface area contributed by atoms with E-state index in [4.69, 9.17) is 0 Å². The number of aliphatic hydroxyl groups is 1. The summed E-state index contributed by atoms with van der Waals surface area (Å²) in [6.07, 6.45) is -1.83. The molecule has 3 aromatic rings. The lowest BCUT2D eigenvalue weighted by Crippen LogP contribution is -2.52. The normalized spacial score (nSPS) is 13.4. The molecule has 1 amide bonds. The number of sulfonamides is 1. The Morgan fingerprint density at radius 1 is 0.895 bits per heavy atom. The zero-order valence-electron chi connectivity index (χ0n) is 21.7. The van der Waals surface area contributed by atoms with Crippen LogP contribution in [0, 0.1) is 11.7 Å². The van der Waals surface area contributed by atoms with Gasteiger partial charge in [0.2, 0.25) is 10.0 Å². The third kappa shape index (κ3) is 8.11. The van der Waals surface area contributed by atoms with Gasteiger partial charge in [0.1, 0.15) is 5.82 Å². The Labute approximate surface area is 224 Å². The van der Waals surface area contributed by atoms with Crippen LogP contribution in [0.1, 0.15) is 31.4 Å². The van der Waals surface area contributed by atoms with Crippen molar-refractivity contribution < 1.29 is 27.8 Å². The highest BCUT2D eigenvalue weighted by Crippen LogP contribution is 2.22. The van der Waals surface area contributed by atoms with Crippen molar-refractivity contribution in [2.75, 3.05) is 13.1 Å². The molecule has 3 rings (SSSR count). The molecule has 2 N–H and O–H groups in total. The summed E-state index contributed by atoms with van der Waals surface area (Å²) in [5.74, 6) is -0.370. The summed E-state index contributed by atoms with van der Waals surface area (Å²) in [6.45, 7) is 3.76. The summed E-state index contributed by atoms with van der Waals surface area (Å²) >= 11 is 0. The van der Waals surface area contributed by atoms with Gasteiger partial charge in [0, 0.05) is 19.6 Å². The summed E-state index contributed by atoms with van der Waals surface area (Å²) in [7, 11) is -4.08. The van der Waals surface area contributed by atoms with E-state index in [0.717, 1.165) is 28.2 Å². The smallest absolute Gasteiger partial charge is 0.407 e. The van der Waals surface area contributed by atoms with Crippen molar-refractivity contribution in [2.45, 2.75) is 50.3 Å². The molecule has 0 heterocycles. The maximum atomic E-state index is 13.5. The van der Waals surface area contributed by atoms with Gasteiger partial charge in [-0.1, -0.05) is 74.5 Å². The van der Waals surface area contributed by atoms with Gasteiger partial charge in [0.05, 0.1) is 17.0 Å². The number of amides is 1. The van der Waals surface area contributed by atoms with E-state index in [1.54, 1.807) is 24.3 Å².